The Labute approximate surface area is 98.2 Å². The van der Waals surface area contributed by atoms with Gasteiger partial charge in [0.25, 0.3) is 0 Å². The van der Waals surface area contributed by atoms with E-state index in [4.69, 9.17) is 0 Å². The molecule has 1 fully saturated rings. The highest BCUT2D eigenvalue weighted by atomic mass is 15.3. The van der Waals surface area contributed by atoms with E-state index < -0.39 is 0 Å². The third kappa shape index (κ3) is 2.85. The molecular formula is C13H23N3. The number of aryl methyl sites for hydroxylation is 1. The molecule has 16 heavy (non-hydrogen) atoms. The van der Waals surface area contributed by atoms with Crippen molar-refractivity contribution in [1.29, 1.82) is 0 Å². The first-order valence-electron chi connectivity index (χ1n) is 6.54. The van der Waals surface area contributed by atoms with Gasteiger partial charge in [-0.3, -0.25) is 4.68 Å². The monoisotopic (exact) mass is 221 g/mol. The van der Waals surface area contributed by atoms with Crippen molar-refractivity contribution in [1.82, 2.24) is 15.1 Å². The molecule has 3 nitrogen and oxygen atoms in total. The number of aromatic nitrogens is 2. The predicted octanol–water partition coefficient (Wildman–Crippen LogP) is 2.57. The first-order chi connectivity index (χ1) is 7.79. The molecule has 0 saturated heterocycles. The van der Waals surface area contributed by atoms with Crippen molar-refractivity contribution in [2.75, 3.05) is 0 Å². The highest BCUT2D eigenvalue weighted by Gasteiger charge is 2.22. The van der Waals surface area contributed by atoms with Gasteiger partial charge in [-0.25, -0.2) is 0 Å². The first kappa shape index (κ1) is 11.6. The molecule has 3 heteroatoms. The summed E-state index contributed by atoms with van der Waals surface area (Å²) in [6.07, 6.45) is 9.40. The normalized spacial score (nSPS) is 25.1. The van der Waals surface area contributed by atoms with Gasteiger partial charge in [-0.05, 0) is 25.2 Å². The van der Waals surface area contributed by atoms with E-state index in [2.05, 4.69) is 30.5 Å². The second-order valence-corrected chi connectivity index (χ2v) is 5.01. The zero-order valence-electron chi connectivity index (χ0n) is 10.4. The van der Waals surface area contributed by atoms with Crippen molar-refractivity contribution in [3.8, 4) is 0 Å². The Morgan fingerprint density at radius 1 is 1.50 bits per heavy atom. The van der Waals surface area contributed by atoms with Crippen molar-refractivity contribution in [3.63, 3.8) is 0 Å². The maximum atomic E-state index is 4.35. The number of nitrogens with one attached hydrogen (secondary N) is 1. The Morgan fingerprint density at radius 2 is 2.38 bits per heavy atom. The van der Waals surface area contributed by atoms with E-state index in [1.807, 2.05) is 10.9 Å². The second-order valence-electron chi connectivity index (χ2n) is 5.01. The van der Waals surface area contributed by atoms with Crippen LogP contribution in [0, 0.1) is 5.92 Å². The first-order valence-corrected chi connectivity index (χ1v) is 6.54. The zero-order chi connectivity index (χ0) is 11.4. The van der Waals surface area contributed by atoms with Crippen LogP contribution in [0.25, 0.3) is 0 Å². The average Bonchev–Trinajstić information content (AvgIpc) is 2.86. The summed E-state index contributed by atoms with van der Waals surface area (Å²) in [6, 6.07) is 0.717. The fourth-order valence-electron chi connectivity index (χ4n) is 2.55. The van der Waals surface area contributed by atoms with Crippen LogP contribution in [-0.2, 0) is 13.1 Å². The van der Waals surface area contributed by atoms with E-state index in [-0.39, 0.29) is 0 Å². The summed E-state index contributed by atoms with van der Waals surface area (Å²) in [7, 11) is 0. The van der Waals surface area contributed by atoms with E-state index in [1.165, 1.54) is 24.8 Å². The van der Waals surface area contributed by atoms with Crippen LogP contribution in [0.3, 0.4) is 0 Å². The minimum atomic E-state index is 0.717. The Kier molecular flexibility index (Phi) is 3.99. The van der Waals surface area contributed by atoms with Gasteiger partial charge in [0.05, 0.1) is 6.20 Å². The van der Waals surface area contributed by atoms with E-state index in [9.17, 15) is 0 Å². The summed E-state index contributed by atoms with van der Waals surface area (Å²) < 4.78 is 2.04. The lowest BCUT2D eigenvalue weighted by molar-refractivity contribution is 0.426. The summed E-state index contributed by atoms with van der Waals surface area (Å²) in [4.78, 5) is 0. The molecule has 0 aromatic carbocycles. The zero-order valence-corrected chi connectivity index (χ0v) is 10.4. The van der Waals surface area contributed by atoms with Gasteiger partial charge in [0, 0.05) is 30.9 Å². The highest BCUT2D eigenvalue weighted by molar-refractivity contribution is 5.03. The van der Waals surface area contributed by atoms with Crippen LogP contribution in [0.4, 0.5) is 0 Å². The number of rotatable bonds is 5. The van der Waals surface area contributed by atoms with Crippen LogP contribution in [0.5, 0.6) is 0 Å². The lowest BCUT2D eigenvalue weighted by Crippen LogP contribution is -2.30. The van der Waals surface area contributed by atoms with Crippen molar-refractivity contribution < 1.29 is 0 Å². The van der Waals surface area contributed by atoms with Crippen LogP contribution >= 0.6 is 0 Å². The van der Waals surface area contributed by atoms with Crippen LogP contribution in [0.15, 0.2) is 12.4 Å². The minimum Gasteiger partial charge on any atom is -0.310 e. The number of hydrogen-bond donors (Lipinski definition) is 1. The van der Waals surface area contributed by atoms with Gasteiger partial charge >= 0.3 is 0 Å². The molecule has 0 bridgehead atoms. The van der Waals surface area contributed by atoms with Gasteiger partial charge in [-0.1, -0.05) is 20.3 Å². The third-order valence-electron chi connectivity index (χ3n) is 3.57. The van der Waals surface area contributed by atoms with E-state index in [1.54, 1.807) is 0 Å². The lowest BCUT2D eigenvalue weighted by atomic mass is 10.1. The maximum Gasteiger partial charge on any atom is 0.0534 e. The molecule has 1 aromatic rings. The van der Waals surface area contributed by atoms with E-state index >= 15 is 0 Å². The predicted molar refractivity (Wildman–Crippen MR) is 66.2 cm³/mol. The van der Waals surface area contributed by atoms with Crippen LogP contribution in [0.2, 0.25) is 0 Å². The Bertz CT molecular complexity index is 319. The molecule has 1 aliphatic rings. The summed E-state index contributed by atoms with van der Waals surface area (Å²) in [5.74, 6) is 0.839. The van der Waals surface area contributed by atoms with E-state index in [0.717, 1.165) is 31.5 Å². The molecule has 90 valence electrons. The largest absolute Gasteiger partial charge is 0.310 e. The van der Waals surface area contributed by atoms with Crippen LogP contribution in [-0.4, -0.2) is 15.8 Å². The molecule has 1 N–H and O–H groups in total. The van der Waals surface area contributed by atoms with Gasteiger partial charge < -0.3 is 5.32 Å². The topological polar surface area (TPSA) is 29.9 Å². The summed E-state index contributed by atoms with van der Waals surface area (Å²) >= 11 is 0. The summed E-state index contributed by atoms with van der Waals surface area (Å²) in [5.41, 5.74) is 1.31. The molecule has 1 aromatic heterocycles. The molecule has 2 unspecified atom stereocenters. The van der Waals surface area contributed by atoms with Gasteiger partial charge in [0.2, 0.25) is 0 Å². The minimum absolute atomic E-state index is 0.717. The Morgan fingerprint density at radius 3 is 3.06 bits per heavy atom. The van der Waals surface area contributed by atoms with Crippen LogP contribution in [0.1, 0.15) is 45.1 Å². The Balaban J connectivity index is 1.80. The number of nitrogens with zero attached hydrogens (tertiary/aromatic N) is 2. The maximum absolute atomic E-state index is 4.35. The third-order valence-corrected chi connectivity index (χ3v) is 3.57. The summed E-state index contributed by atoms with van der Waals surface area (Å²) in [5, 5.41) is 8.00. The molecule has 0 spiro atoms. The molecule has 0 radical (unpaired) electrons. The molecule has 0 aliphatic heterocycles. The molecule has 2 rings (SSSR count). The van der Waals surface area contributed by atoms with Crippen molar-refractivity contribution in [2.45, 2.75) is 58.7 Å². The van der Waals surface area contributed by atoms with Gasteiger partial charge in [-0.15, -0.1) is 0 Å². The standard InChI is InChI=1S/C13H23N3/c1-3-7-16-10-12(9-15-16)8-14-13-6-4-5-11(13)2/h9-11,13-14H,3-8H2,1-2H3. The van der Waals surface area contributed by atoms with Crippen LogP contribution < -0.4 is 5.32 Å². The lowest BCUT2D eigenvalue weighted by Gasteiger charge is -2.16. The van der Waals surface area contributed by atoms with Gasteiger partial charge in [0.15, 0.2) is 0 Å². The molecule has 1 aliphatic carbocycles. The summed E-state index contributed by atoms with van der Waals surface area (Å²) in [6.45, 7) is 6.53. The number of hydrogen-bond acceptors (Lipinski definition) is 2. The van der Waals surface area contributed by atoms with Crippen molar-refractivity contribution >= 4 is 0 Å². The van der Waals surface area contributed by atoms with Crippen molar-refractivity contribution in [2.24, 2.45) is 5.92 Å². The highest BCUT2D eigenvalue weighted by Crippen LogP contribution is 2.24. The SMILES string of the molecule is CCCn1cc(CNC2CCCC2C)cn1. The van der Waals surface area contributed by atoms with E-state index in [0.29, 0.717) is 0 Å². The van der Waals surface area contributed by atoms with Gasteiger partial charge in [0.1, 0.15) is 0 Å². The smallest absolute Gasteiger partial charge is 0.0534 e. The molecular weight excluding hydrogens is 198 g/mol. The molecule has 1 heterocycles. The molecule has 0 amide bonds. The molecule has 2 atom stereocenters. The second kappa shape index (κ2) is 5.48. The van der Waals surface area contributed by atoms with Gasteiger partial charge in [-0.2, -0.15) is 5.10 Å². The fourth-order valence-corrected chi connectivity index (χ4v) is 2.55. The fraction of sp³-hybridized carbons (Fsp3) is 0.769. The quantitative estimate of drug-likeness (QED) is 0.828. The molecule has 1 saturated carbocycles. The Hall–Kier alpha value is -0.830. The van der Waals surface area contributed by atoms with Crippen molar-refractivity contribution in [3.05, 3.63) is 18.0 Å². The average molecular weight is 221 g/mol.